The molecule has 1 rings (SSSR count). The van der Waals surface area contributed by atoms with Gasteiger partial charge < -0.3 is 16.2 Å². The topological polar surface area (TPSA) is 58.3 Å². The van der Waals surface area contributed by atoms with Crippen LogP contribution in [0.1, 0.15) is 6.92 Å². The molecular weight excluding hydrogens is 140 g/mol. The van der Waals surface area contributed by atoms with Crippen molar-refractivity contribution >= 4 is 11.4 Å². The maximum atomic E-state index is 8.94. The number of hydrogen-bond acceptors (Lipinski definition) is 3. The lowest BCUT2D eigenvalue weighted by molar-refractivity contribution is 0.224. The molecule has 0 bridgehead atoms. The Balaban J connectivity index is 2.71. The van der Waals surface area contributed by atoms with Gasteiger partial charge in [0.15, 0.2) is 0 Å². The van der Waals surface area contributed by atoms with Crippen molar-refractivity contribution in [1.29, 1.82) is 0 Å². The minimum atomic E-state index is -0.545. The van der Waals surface area contributed by atoms with E-state index in [1.807, 2.05) is 12.1 Å². The van der Waals surface area contributed by atoms with Crippen molar-refractivity contribution in [2.24, 2.45) is 0 Å². The Kier molecular flexibility index (Phi) is 2.33. The Labute approximate surface area is 65.8 Å². The third-order valence-corrected chi connectivity index (χ3v) is 1.26. The van der Waals surface area contributed by atoms with Crippen LogP contribution < -0.4 is 11.1 Å². The minimum absolute atomic E-state index is 0.545. The Morgan fingerprint density at radius 2 is 2.27 bits per heavy atom. The lowest BCUT2D eigenvalue weighted by atomic mass is 10.3. The molecule has 0 unspecified atom stereocenters. The molecule has 60 valence electrons. The van der Waals surface area contributed by atoms with Crippen LogP contribution in [0.25, 0.3) is 0 Å². The number of nitrogens with two attached hydrogens (primary N) is 1. The number of aliphatic hydroxyl groups is 1. The first kappa shape index (κ1) is 7.88. The molecule has 0 radical (unpaired) electrons. The molecule has 1 aromatic rings. The number of rotatable bonds is 2. The molecule has 1 atom stereocenters. The summed E-state index contributed by atoms with van der Waals surface area (Å²) in [6, 6.07) is 7.25. The van der Waals surface area contributed by atoms with Crippen molar-refractivity contribution in [3.05, 3.63) is 24.3 Å². The van der Waals surface area contributed by atoms with Gasteiger partial charge in [-0.2, -0.15) is 0 Å². The highest BCUT2D eigenvalue weighted by atomic mass is 16.3. The molecule has 0 fully saturated rings. The fraction of sp³-hybridized carbons (Fsp3) is 0.250. The van der Waals surface area contributed by atoms with Gasteiger partial charge in [-0.1, -0.05) is 6.07 Å². The van der Waals surface area contributed by atoms with Crippen molar-refractivity contribution in [2.75, 3.05) is 11.1 Å². The number of benzene rings is 1. The number of nitrogen functional groups attached to an aromatic ring is 1. The normalized spacial score (nSPS) is 12.5. The number of anilines is 2. The van der Waals surface area contributed by atoms with Gasteiger partial charge in [0.2, 0.25) is 0 Å². The fourth-order valence-electron chi connectivity index (χ4n) is 0.870. The van der Waals surface area contributed by atoms with Crippen molar-refractivity contribution in [3.8, 4) is 0 Å². The summed E-state index contributed by atoms with van der Waals surface area (Å²) < 4.78 is 0. The van der Waals surface area contributed by atoms with E-state index < -0.39 is 6.23 Å². The van der Waals surface area contributed by atoms with Crippen LogP contribution in [0.2, 0.25) is 0 Å². The van der Waals surface area contributed by atoms with E-state index in [4.69, 9.17) is 10.8 Å². The summed E-state index contributed by atoms with van der Waals surface area (Å²) in [5.41, 5.74) is 7.04. The molecule has 0 heterocycles. The Morgan fingerprint density at radius 3 is 2.82 bits per heavy atom. The lowest BCUT2D eigenvalue weighted by Gasteiger charge is -2.08. The van der Waals surface area contributed by atoms with Gasteiger partial charge in [0, 0.05) is 11.4 Å². The van der Waals surface area contributed by atoms with E-state index in [0.717, 1.165) is 5.69 Å². The molecule has 1 aromatic carbocycles. The van der Waals surface area contributed by atoms with E-state index in [1.165, 1.54) is 0 Å². The highest BCUT2D eigenvalue weighted by Crippen LogP contribution is 2.11. The summed E-state index contributed by atoms with van der Waals surface area (Å²) in [7, 11) is 0. The van der Waals surface area contributed by atoms with Crippen molar-refractivity contribution in [2.45, 2.75) is 13.2 Å². The minimum Gasteiger partial charge on any atom is -0.399 e. The first-order chi connectivity index (χ1) is 5.18. The molecule has 4 N–H and O–H groups in total. The molecule has 0 aliphatic carbocycles. The molecule has 0 aliphatic heterocycles. The predicted molar refractivity (Wildman–Crippen MR) is 46.2 cm³/mol. The first-order valence-electron chi connectivity index (χ1n) is 3.48. The standard InChI is InChI=1S/C8H12N2O/c1-6(11)10-8-4-2-3-7(9)5-8/h2-6,10-11H,9H2,1H3/t6-/m0/s1. The Bertz CT molecular complexity index is 235. The molecule has 0 spiro atoms. The van der Waals surface area contributed by atoms with Gasteiger partial charge in [0.1, 0.15) is 6.23 Å². The van der Waals surface area contributed by atoms with Crippen LogP contribution in [0, 0.1) is 0 Å². The third kappa shape index (κ3) is 2.47. The maximum absolute atomic E-state index is 8.94. The third-order valence-electron chi connectivity index (χ3n) is 1.26. The van der Waals surface area contributed by atoms with E-state index in [0.29, 0.717) is 5.69 Å². The summed E-state index contributed by atoms with van der Waals surface area (Å²) in [5.74, 6) is 0. The zero-order valence-corrected chi connectivity index (χ0v) is 6.41. The van der Waals surface area contributed by atoms with Gasteiger partial charge in [-0.15, -0.1) is 0 Å². The average molecular weight is 152 g/mol. The van der Waals surface area contributed by atoms with Gasteiger partial charge in [0.25, 0.3) is 0 Å². The fourth-order valence-corrected chi connectivity index (χ4v) is 0.870. The second kappa shape index (κ2) is 3.25. The predicted octanol–water partition coefficient (Wildman–Crippen LogP) is 1.02. The summed E-state index contributed by atoms with van der Waals surface area (Å²) in [5, 5.41) is 11.8. The van der Waals surface area contributed by atoms with E-state index >= 15 is 0 Å². The van der Waals surface area contributed by atoms with Crippen LogP contribution in [-0.2, 0) is 0 Å². The second-order valence-corrected chi connectivity index (χ2v) is 2.45. The monoisotopic (exact) mass is 152 g/mol. The van der Waals surface area contributed by atoms with E-state index in [1.54, 1.807) is 19.1 Å². The average Bonchev–Trinajstić information content (AvgIpc) is 1.85. The van der Waals surface area contributed by atoms with Crippen LogP contribution in [0.4, 0.5) is 11.4 Å². The van der Waals surface area contributed by atoms with Crippen molar-refractivity contribution < 1.29 is 5.11 Å². The first-order valence-corrected chi connectivity index (χ1v) is 3.48. The van der Waals surface area contributed by atoms with Crippen LogP contribution in [-0.4, -0.2) is 11.3 Å². The Morgan fingerprint density at radius 1 is 1.55 bits per heavy atom. The molecule has 0 aliphatic rings. The van der Waals surface area contributed by atoms with E-state index in [9.17, 15) is 0 Å². The van der Waals surface area contributed by atoms with Crippen LogP contribution in [0.15, 0.2) is 24.3 Å². The molecule has 3 heteroatoms. The van der Waals surface area contributed by atoms with Crippen molar-refractivity contribution in [3.63, 3.8) is 0 Å². The van der Waals surface area contributed by atoms with Gasteiger partial charge in [-0.3, -0.25) is 0 Å². The van der Waals surface area contributed by atoms with Gasteiger partial charge >= 0.3 is 0 Å². The quantitative estimate of drug-likeness (QED) is 0.438. The summed E-state index contributed by atoms with van der Waals surface area (Å²) in [4.78, 5) is 0. The van der Waals surface area contributed by atoms with Crippen LogP contribution in [0.3, 0.4) is 0 Å². The highest BCUT2D eigenvalue weighted by molar-refractivity contribution is 5.54. The molecule has 0 aromatic heterocycles. The van der Waals surface area contributed by atoms with Crippen molar-refractivity contribution in [1.82, 2.24) is 0 Å². The van der Waals surface area contributed by atoms with Gasteiger partial charge in [-0.25, -0.2) is 0 Å². The molecule has 0 amide bonds. The van der Waals surface area contributed by atoms with E-state index in [2.05, 4.69) is 5.32 Å². The zero-order valence-electron chi connectivity index (χ0n) is 6.41. The largest absolute Gasteiger partial charge is 0.399 e. The van der Waals surface area contributed by atoms with Crippen LogP contribution in [0.5, 0.6) is 0 Å². The number of nitrogens with one attached hydrogen (secondary N) is 1. The van der Waals surface area contributed by atoms with Gasteiger partial charge in [0.05, 0.1) is 0 Å². The molecule has 0 saturated carbocycles. The number of aliphatic hydroxyl groups excluding tert-OH is 1. The smallest absolute Gasteiger partial charge is 0.121 e. The maximum Gasteiger partial charge on any atom is 0.121 e. The molecular formula is C8H12N2O. The second-order valence-electron chi connectivity index (χ2n) is 2.45. The van der Waals surface area contributed by atoms with E-state index in [-0.39, 0.29) is 0 Å². The zero-order chi connectivity index (χ0) is 8.27. The highest BCUT2D eigenvalue weighted by Gasteiger charge is 1.94. The van der Waals surface area contributed by atoms with Gasteiger partial charge in [-0.05, 0) is 25.1 Å². The van der Waals surface area contributed by atoms with Crippen LogP contribution >= 0.6 is 0 Å². The molecule has 11 heavy (non-hydrogen) atoms. The summed E-state index contributed by atoms with van der Waals surface area (Å²) >= 11 is 0. The summed E-state index contributed by atoms with van der Waals surface area (Å²) in [6.45, 7) is 1.66. The molecule has 3 nitrogen and oxygen atoms in total. The lowest BCUT2D eigenvalue weighted by Crippen LogP contribution is -2.13. The molecule has 0 saturated heterocycles. The number of hydrogen-bond donors (Lipinski definition) is 3. The SMILES string of the molecule is C[C@H](O)Nc1cccc(N)c1. The Hall–Kier alpha value is -1.22. The summed E-state index contributed by atoms with van der Waals surface area (Å²) in [6.07, 6.45) is -0.545.